The molecule has 0 N–H and O–H groups in total. The van der Waals surface area contributed by atoms with Gasteiger partial charge in [-0.2, -0.15) is 13.2 Å². The second-order valence-electron chi connectivity index (χ2n) is 9.43. The molecule has 34 heavy (non-hydrogen) atoms. The van der Waals surface area contributed by atoms with Gasteiger partial charge in [0.2, 0.25) is 0 Å². The lowest BCUT2D eigenvalue weighted by Crippen LogP contribution is -2.56. The molecule has 2 aliphatic rings. The summed E-state index contributed by atoms with van der Waals surface area (Å²) in [6.45, 7) is 6.11. The summed E-state index contributed by atoms with van der Waals surface area (Å²) in [4.78, 5) is 17.3. The topological polar surface area (TPSA) is 46.9 Å². The maximum Gasteiger partial charge on any atom is 0.394 e. The quantitative estimate of drug-likeness (QED) is 0.635. The summed E-state index contributed by atoms with van der Waals surface area (Å²) >= 11 is 0. The maximum absolute atomic E-state index is 13.2. The molecule has 1 saturated heterocycles. The molecule has 0 atom stereocenters. The van der Waals surface area contributed by atoms with Crippen molar-refractivity contribution >= 4 is 5.91 Å². The molecule has 0 bridgehead atoms. The van der Waals surface area contributed by atoms with Crippen molar-refractivity contribution in [3.8, 4) is 11.5 Å². The number of nitrogens with zero attached hydrogens (tertiary/aromatic N) is 3. The lowest BCUT2D eigenvalue weighted by atomic mass is 9.81. The first kappa shape index (κ1) is 24.4. The van der Waals surface area contributed by atoms with E-state index in [9.17, 15) is 18.0 Å². The largest absolute Gasteiger partial charge is 0.493 e. The van der Waals surface area contributed by atoms with Crippen LogP contribution in [-0.4, -0.2) is 66.3 Å². The maximum atomic E-state index is 13.2. The zero-order chi connectivity index (χ0) is 24.7. The fraction of sp³-hybridized carbons (Fsp3) is 0.560. The minimum atomic E-state index is -4.24. The average Bonchev–Trinajstić information content (AvgIpc) is 3.18. The van der Waals surface area contributed by atoms with Crippen LogP contribution in [0, 0.1) is 0 Å². The van der Waals surface area contributed by atoms with Gasteiger partial charge in [0.05, 0.1) is 25.2 Å². The number of amides is 1. The van der Waals surface area contributed by atoms with Crippen LogP contribution < -0.4 is 9.47 Å². The van der Waals surface area contributed by atoms with Crippen LogP contribution >= 0.6 is 0 Å². The molecule has 1 aromatic heterocycles. The lowest BCUT2D eigenvalue weighted by molar-refractivity contribution is -0.128. The Balaban J connectivity index is 1.52. The molecule has 6 nitrogen and oxygen atoms in total. The van der Waals surface area contributed by atoms with Crippen molar-refractivity contribution in [1.29, 1.82) is 0 Å². The number of likely N-dealkylation sites (N-methyl/N-ethyl adjacent to an activating group) is 1. The Morgan fingerprint density at radius 3 is 2.38 bits per heavy atom. The van der Waals surface area contributed by atoms with Gasteiger partial charge in [-0.3, -0.25) is 9.69 Å². The van der Waals surface area contributed by atoms with Gasteiger partial charge in [0.25, 0.3) is 5.91 Å². The van der Waals surface area contributed by atoms with Gasteiger partial charge in [0.1, 0.15) is 0 Å². The number of piperidine rings is 1. The molecule has 2 aromatic rings. The number of carbonyl (C=O) groups is 1. The number of rotatable bonds is 5. The zero-order valence-corrected chi connectivity index (χ0v) is 20.1. The third-order valence-electron chi connectivity index (χ3n) is 6.97. The average molecular weight is 480 g/mol. The Bertz CT molecular complexity index is 1040. The molecule has 2 aliphatic heterocycles. The van der Waals surface area contributed by atoms with Crippen molar-refractivity contribution in [2.24, 2.45) is 0 Å². The molecule has 186 valence electrons. The first-order valence-corrected chi connectivity index (χ1v) is 11.6. The minimum Gasteiger partial charge on any atom is -0.493 e. The number of hydrogen-bond donors (Lipinski definition) is 0. The van der Waals surface area contributed by atoms with E-state index in [1.165, 1.54) is 0 Å². The van der Waals surface area contributed by atoms with E-state index >= 15 is 0 Å². The first-order valence-electron chi connectivity index (χ1n) is 11.6. The molecule has 1 amide bonds. The van der Waals surface area contributed by atoms with Crippen LogP contribution in [0.2, 0.25) is 0 Å². The van der Waals surface area contributed by atoms with Gasteiger partial charge in [-0.25, -0.2) is 0 Å². The van der Waals surface area contributed by atoms with Crippen LogP contribution in [0.15, 0.2) is 30.3 Å². The van der Waals surface area contributed by atoms with Crippen LogP contribution in [0.4, 0.5) is 13.2 Å². The SMILES string of the molecule is COc1cc(C(=O)N2CCC3(CC2)c2ccc(CC(F)(F)F)n2CCN3C)ccc1OC(C)C. The van der Waals surface area contributed by atoms with E-state index in [1.807, 2.05) is 36.4 Å². The zero-order valence-electron chi connectivity index (χ0n) is 20.1. The van der Waals surface area contributed by atoms with Crippen LogP contribution in [0.3, 0.4) is 0 Å². The molecule has 1 fully saturated rings. The van der Waals surface area contributed by atoms with E-state index in [-0.39, 0.29) is 17.6 Å². The molecule has 3 heterocycles. The minimum absolute atomic E-state index is 0.0168. The second-order valence-corrected chi connectivity index (χ2v) is 9.43. The monoisotopic (exact) mass is 479 g/mol. The molecule has 1 spiro atoms. The van der Waals surface area contributed by atoms with E-state index in [0.717, 1.165) is 5.69 Å². The van der Waals surface area contributed by atoms with Gasteiger partial charge in [-0.15, -0.1) is 0 Å². The summed E-state index contributed by atoms with van der Waals surface area (Å²) in [7, 11) is 3.57. The molecule has 0 aliphatic carbocycles. The predicted octanol–water partition coefficient (Wildman–Crippen LogP) is 4.47. The van der Waals surface area contributed by atoms with Crippen molar-refractivity contribution in [3.63, 3.8) is 0 Å². The smallest absolute Gasteiger partial charge is 0.394 e. The Hall–Kier alpha value is -2.68. The molecule has 0 unspecified atom stereocenters. The van der Waals surface area contributed by atoms with E-state index in [2.05, 4.69) is 4.90 Å². The van der Waals surface area contributed by atoms with Crippen molar-refractivity contribution in [1.82, 2.24) is 14.4 Å². The van der Waals surface area contributed by atoms with Gasteiger partial charge in [-0.05, 0) is 64.1 Å². The number of methoxy groups -OCH3 is 1. The highest BCUT2D eigenvalue weighted by Crippen LogP contribution is 2.42. The van der Waals surface area contributed by atoms with Crippen molar-refractivity contribution in [3.05, 3.63) is 47.3 Å². The van der Waals surface area contributed by atoms with E-state index in [0.29, 0.717) is 61.8 Å². The number of hydrogen-bond acceptors (Lipinski definition) is 4. The van der Waals surface area contributed by atoms with E-state index < -0.39 is 12.6 Å². The summed E-state index contributed by atoms with van der Waals surface area (Å²) in [5.74, 6) is 1.01. The van der Waals surface area contributed by atoms with Gasteiger partial charge >= 0.3 is 6.18 Å². The number of benzene rings is 1. The molecule has 9 heteroatoms. The number of halogens is 3. The van der Waals surface area contributed by atoms with Crippen LogP contribution in [0.5, 0.6) is 11.5 Å². The molecule has 1 aromatic carbocycles. The Labute approximate surface area is 198 Å². The van der Waals surface area contributed by atoms with Crippen LogP contribution in [0.25, 0.3) is 0 Å². The number of ether oxygens (including phenoxy) is 2. The Morgan fingerprint density at radius 2 is 1.76 bits per heavy atom. The van der Waals surface area contributed by atoms with Crippen LogP contribution in [-0.2, 0) is 18.5 Å². The number of aromatic nitrogens is 1. The second kappa shape index (κ2) is 9.17. The van der Waals surface area contributed by atoms with E-state index in [4.69, 9.17) is 9.47 Å². The van der Waals surface area contributed by atoms with Gasteiger partial charge in [0.15, 0.2) is 11.5 Å². The van der Waals surface area contributed by atoms with Crippen molar-refractivity contribution < 1.29 is 27.4 Å². The van der Waals surface area contributed by atoms with Gasteiger partial charge < -0.3 is 18.9 Å². The van der Waals surface area contributed by atoms with E-state index in [1.54, 1.807) is 31.4 Å². The Morgan fingerprint density at radius 1 is 1.06 bits per heavy atom. The van der Waals surface area contributed by atoms with Crippen molar-refractivity contribution in [2.75, 3.05) is 33.8 Å². The van der Waals surface area contributed by atoms with Crippen LogP contribution in [0.1, 0.15) is 48.4 Å². The summed E-state index contributed by atoms with van der Waals surface area (Å²) in [5.41, 5.74) is 1.39. The van der Waals surface area contributed by atoms with Gasteiger partial charge in [-0.1, -0.05) is 0 Å². The highest BCUT2D eigenvalue weighted by atomic mass is 19.4. The third kappa shape index (κ3) is 4.62. The highest BCUT2D eigenvalue weighted by molar-refractivity contribution is 5.95. The summed E-state index contributed by atoms with van der Waals surface area (Å²) in [6, 6.07) is 8.64. The molecule has 0 radical (unpaired) electrons. The number of likely N-dealkylation sites (tertiary alicyclic amines) is 1. The number of carbonyl (C=O) groups excluding carboxylic acids is 1. The fourth-order valence-corrected chi connectivity index (χ4v) is 5.25. The molecular formula is C25H32F3N3O3. The van der Waals surface area contributed by atoms with Gasteiger partial charge in [0, 0.05) is 43.1 Å². The first-order chi connectivity index (χ1) is 16.0. The summed E-state index contributed by atoms with van der Waals surface area (Å²) in [5, 5.41) is 0. The standard InChI is InChI=1S/C25H32F3N3O3/c1-17(2)34-20-7-5-18(15-21(20)33-4)23(32)30-11-9-24(10-12-30)22-8-6-19(16-25(26,27)28)31(22)14-13-29(24)3/h5-8,15,17H,9-14,16H2,1-4H3. The highest BCUT2D eigenvalue weighted by Gasteiger charge is 2.45. The normalized spacial score (nSPS) is 18.3. The predicted molar refractivity (Wildman–Crippen MR) is 122 cm³/mol. The Kier molecular flexibility index (Phi) is 6.59. The molecular weight excluding hydrogens is 447 g/mol. The number of alkyl halides is 3. The molecule has 4 rings (SSSR count). The summed E-state index contributed by atoms with van der Waals surface area (Å²) in [6.07, 6.45) is -3.85. The lowest BCUT2D eigenvalue weighted by Gasteiger charge is -2.50. The summed E-state index contributed by atoms with van der Waals surface area (Å²) < 4.78 is 52.2. The third-order valence-corrected chi connectivity index (χ3v) is 6.97. The number of fused-ring (bicyclic) bond motifs is 2. The molecule has 0 saturated carbocycles. The fourth-order valence-electron chi connectivity index (χ4n) is 5.25. The van der Waals surface area contributed by atoms with Crippen molar-refractivity contribution in [2.45, 2.75) is 57.5 Å².